The highest BCUT2D eigenvalue weighted by molar-refractivity contribution is 9.10. The predicted octanol–water partition coefficient (Wildman–Crippen LogP) is 8.91. The number of thioether (sulfide) groups is 1. The standard InChI is InChI=1S/C33H35Br2N5O3S/c1-5-7-15-44-33-38-32-36-21(4)28(31(41)37-25-10-8-9-20(3)16-25)29(40(32)39-33)23-17-26(35)30(27(18-23)42-6-2)43-19-22-11-13-24(34)14-12-22/h8-14,16-18,29H,5-7,15,19H2,1-4H3,(H,37,41)(H,36,38,39). The van der Waals surface area contributed by atoms with E-state index in [-0.39, 0.29) is 5.91 Å². The molecule has 1 unspecified atom stereocenters. The molecule has 1 aliphatic rings. The Labute approximate surface area is 279 Å². The number of carbonyl (C=O) groups is 1. The van der Waals surface area contributed by atoms with E-state index in [1.54, 1.807) is 16.4 Å². The highest BCUT2D eigenvalue weighted by atomic mass is 79.9. The number of unbranched alkanes of at least 4 members (excludes halogenated alkanes) is 1. The molecule has 0 radical (unpaired) electrons. The number of benzene rings is 3. The zero-order chi connectivity index (χ0) is 31.2. The van der Waals surface area contributed by atoms with E-state index in [0.717, 1.165) is 45.4 Å². The molecule has 230 valence electrons. The lowest BCUT2D eigenvalue weighted by Crippen LogP contribution is -2.31. The van der Waals surface area contributed by atoms with Crippen molar-refractivity contribution >= 4 is 61.2 Å². The summed E-state index contributed by atoms with van der Waals surface area (Å²) < 4.78 is 15.9. The summed E-state index contributed by atoms with van der Waals surface area (Å²) in [5, 5.41) is 12.0. The van der Waals surface area contributed by atoms with Crippen LogP contribution in [-0.4, -0.2) is 33.0 Å². The maximum Gasteiger partial charge on any atom is 0.255 e. The van der Waals surface area contributed by atoms with Crippen molar-refractivity contribution in [2.24, 2.45) is 0 Å². The van der Waals surface area contributed by atoms with Crippen molar-refractivity contribution in [1.29, 1.82) is 0 Å². The number of nitrogens with zero attached hydrogens (tertiary/aromatic N) is 3. The Morgan fingerprint density at radius 2 is 1.86 bits per heavy atom. The summed E-state index contributed by atoms with van der Waals surface area (Å²) in [6.07, 6.45) is 2.16. The number of ether oxygens (including phenoxy) is 2. The molecule has 44 heavy (non-hydrogen) atoms. The van der Waals surface area contributed by atoms with Gasteiger partial charge in [0.05, 0.1) is 16.7 Å². The van der Waals surface area contributed by atoms with E-state index in [2.05, 4.69) is 49.4 Å². The van der Waals surface area contributed by atoms with E-state index in [1.165, 1.54) is 0 Å². The van der Waals surface area contributed by atoms with Crippen molar-refractivity contribution in [3.8, 4) is 11.5 Å². The molecule has 4 aromatic rings. The van der Waals surface area contributed by atoms with Crippen LogP contribution in [-0.2, 0) is 11.4 Å². The molecule has 1 aromatic heterocycles. The molecule has 1 amide bonds. The van der Waals surface area contributed by atoms with Gasteiger partial charge >= 0.3 is 0 Å². The third-order valence-corrected chi connectivity index (χ3v) is 9.07. The van der Waals surface area contributed by atoms with Crippen molar-refractivity contribution in [2.45, 2.75) is 58.3 Å². The molecule has 0 aliphatic carbocycles. The van der Waals surface area contributed by atoms with Crippen LogP contribution in [0.1, 0.15) is 56.3 Å². The number of allylic oxidation sites excluding steroid dienone is 1. The van der Waals surface area contributed by atoms with Gasteiger partial charge < -0.3 is 20.1 Å². The Kier molecular flexibility index (Phi) is 10.7. The molecule has 1 atom stereocenters. The van der Waals surface area contributed by atoms with Crippen molar-refractivity contribution in [3.63, 3.8) is 0 Å². The summed E-state index contributed by atoms with van der Waals surface area (Å²) in [6.45, 7) is 8.80. The predicted molar refractivity (Wildman–Crippen MR) is 184 cm³/mol. The molecule has 0 saturated heterocycles. The van der Waals surface area contributed by atoms with Gasteiger partial charge in [-0.15, -0.1) is 5.10 Å². The summed E-state index contributed by atoms with van der Waals surface area (Å²) in [4.78, 5) is 18.8. The highest BCUT2D eigenvalue weighted by Gasteiger charge is 2.35. The van der Waals surface area contributed by atoms with E-state index >= 15 is 0 Å². The molecule has 8 nitrogen and oxygen atoms in total. The fraction of sp³-hybridized carbons (Fsp3) is 0.303. The molecule has 11 heteroatoms. The SMILES string of the molecule is CCCCSc1nc2n(n1)C(c1cc(Br)c(OCc3ccc(Br)cc3)c(OCC)c1)C(C(=O)Nc1cccc(C)c1)=C(C)N2. The zero-order valence-corrected chi connectivity index (χ0v) is 29.1. The van der Waals surface area contributed by atoms with Gasteiger partial charge in [0.1, 0.15) is 12.6 Å². The fourth-order valence-electron chi connectivity index (χ4n) is 4.91. The molecule has 3 aromatic carbocycles. The molecule has 2 N–H and O–H groups in total. The number of amides is 1. The maximum atomic E-state index is 14.0. The molecule has 5 rings (SSSR count). The normalized spacial score (nSPS) is 14.2. The number of anilines is 2. The number of carbonyl (C=O) groups excluding carboxylic acids is 1. The van der Waals surface area contributed by atoms with Gasteiger partial charge in [-0.05, 0) is 96.2 Å². The zero-order valence-electron chi connectivity index (χ0n) is 25.1. The second-order valence-corrected chi connectivity index (χ2v) is 13.3. The Morgan fingerprint density at radius 1 is 1.07 bits per heavy atom. The van der Waals surface area contributed by atoms with Gasteiger partial charge in [-0.1, -0.05) is 65.3 Å². The summed E-state index contributed by atoms with van der Waals surface area (Å²) in [5.41, 5.74) is 4.86. The van der Waals surface area contributed by atoms with Crippen LogP contribution < -0.4 is 20.1 Å². The van der Waals surface area contributed by atoms with Crippen LogP contribution in [0.3, 0.4) is 0 Å². The van der Waals surface area contributed by atoms with Crippen LogP contribution in [0.2, 0.25) is 0 Å². The number of rotatable bonds is 12. The molecule has 0 spiro atoms. The Balaban J connectivity index is 1.55. The highest BCUT2D eigenvalue weighted by Crippen LogP contribution is 2.43. The van der Waals surface area contributed by atoms with E-state index in [0.29, 0.717) is 51.6 Å². The monoisotopic (exact) mass is 739 g/mol. The maximum absolute atomic E-state index is 14.0. The number of aryl methyl sites for hydroxylation is 1. The number of nitrogens with one attached hydrogen (secondary N) is 2. The third-order valence-electron chi connectivity index (χ3n) is 7.03. The van der Waals surface area contributed by atoms with Crippen molar-refractivity contribution in [3.05, 3.63) is 97.6 Å². The van der Waals surface area contributed by atoms with Gasteiger partial charge in [-0.25, -0.2) is 4.68 Å². The molecular weight excluding hydrogens is 706 g/mol. The lowest BCUT2D eigenvalue weighted by molar-refractivity contribution is -0.113. The van der Waals surface area contributed by atoms with Gasteiger partial charge in [-0.2, -0.15) is 4.98 Å². The minimum atomic E-state index is -0.569. The molecular formula is C33H35Br2N5O3S. The summed E-state index contributed by atoms with van der Waals surface area (Å²) in [7, 11) is 0. The van der Waals surface area contributed by atoms with Gasteiger partial charge in [0.15, 0.2) is 11.5 Å². The molecule has 0 fully saturated rings. The Morgan fingerprint density at radius 3 is 2.59 bits per heavy atom. The average molecular weight is 742 g/mol. The minimum Gasteiger partial charge on any atom is -0.490 e. The number of halogens is 2. The van der Waals surface area contributed by atoms with Crippen LogP contribution in [0, 0.1) is 6.92 Å². The average Bonchev–Trinajstić information content (AvgIpc) is 3.39. The lowest BCUT2D eigenvalue weighted by atomic mass is 9.94. The molecule has 0 saturated carbocycles. The number of fused-ring (bicyclic) bond motifs is 1. The van der Waals surface area contributed by atoms with Gasteiger partial charge in [0.25, 0.3) is 5.91 Å². The largest absolute Gasteiger partial charge is 0.490 e. The van der Waals surface area contributed by atoms with Crippen LogP contribution >= 0.6 is 43.6 Å². The van der Waals surface area contributed by atoms with Gasteiger partial charge in [0, 0.05) is 21.6 Å². The first-order valence-electron chi connectivity index (χ1n) is 14.6. The second-order valence-electron chi connectivity index (χ2n) is 10.4. The van der Waals surface area contributed by atoms with Crippen LogP contribution in [0.25, 0.3) is 0 Å². The summed E-state index contributed by atoms with van der Waals surface area (Å²) >= 11 is 8.84. The number of hydrogen-bond acceptors (Lipinski definition) is 7. The minimum absolute atomic E-state index is 0.225. The van der Waals surface area contributed by atoms with E-state index in [4.69, 9.17) is 19.6 Å². The molecule has 1 aliphatic heterocycles. The topological polar surface area (TPSA) is 90.3 Å². The smallest absolute Gasteiger partial charge is 0.255 e. The molecule has 0 bridgehead atoms. The van der Waals surface area contributed by atoms with Crippen molar-refractivity contribution in [1.82, 2.24) is 14.8 Å². The second kappa shape index (κ2) is 14.7. The Hall–Kier alpha value is -3.28. The van der Waals surface area contributed by atoms with E-state index in [1.807, 2.05) is 81.4 Å². The van der Waals surface area contributed by atoms with E-state index in [9.17, 15) is 4.79 Å². The quantitative estimate of drug-likeness (QED) is 0.111. The lowest BCUT2D eigenvalue weighted by Gasteiger charge is -2.29. The first-order chi connectivity index (χ1) is 21.3. The third kappa shape index (κ3) is 7.50. The van der Waals surface area contributed by atoms with Crippen molar-refractivity contribution in [2.75, 3.05) is 23.0 Å². The van der Waals surface area contributed by atoms with Gasteiger partial charge in [-0.3, -0.25) is 4.79 Å². The van der Waals surface area contributed by atoms with Crippen LogP contribution in [0.4, 0.5) is 11.6 Å². The van der Waals surface area contributed by atoms with Crippen LogP contribution in [0.15, 0.2) is 86.0 Å². The Bertz CT molecular complexity index is 1670. The van der Waals surface area contributed by atoms with E-state index < -0.39 is 6.04 Å². The number of aromatic nitrogens is 3. The first kappa shape index (κ1) is 32.1. The van der Waals surface area contributed by atoms with Crippen molar-refractivity contribution < 1.29 is 14.3 Å². The summed E-state index contributed by atoms with van der Waals surface area (Å²) in [5.74, 6) is 2.44. The molecule has 2 heterocycles. The number of hydrogen-bond donors (Lipinski definition) is 2. The fourth-order valence-corrected chi connectivity index (χ4v) is 6.66. The van der Waals surface area contributed by atoms with Gasteiger partial charge in [0.2, 0.25) is 11.1 Å². The van der Waals surface area contributed by atoms with Crippen LogP contribution in [0.5, 0.6) is 11.5 Å². The summed E-state index contributed by atoms with van der Waals surface area (Å²) in [6, 6.07) is 19.1. The first-order valence-corrected chi connectivity index (χ1v) is 17.1.